The highest BCUT2D eigenvalue weighted by Crippen LogP contribution is 2.33. The van der Waals surface area contributed by atoms with E-state index in [2.05, 4.69) is 10.1 Å². The number of esters is 1. The van der Waals surface area contributed by atoms with Crippen LogP contribution in [0.25, 0.3) is 0 Å². The second-order valence-corrected chi connectivity index (χ2v) is 6.70. The molecular weight excluding hydrogens is 370 g/mol. The number of benzene rings is 1. The molecule has 0 radical (unpaired) electrons. The second kappa shape index (κ2) is 8.10. The molecule has 4 rings (SSSR count). The van der Waals surface area contributed by atoms with Gasteiger partial charge in [-0.05, 0) is 36.8 Å². The van der Waals surface area contributed by atoms with Crippen molar-refractivity contribution in [2.24, 2.45) is 5.10 Å². The minimum Gasteiger partial charge on any atom is -0.467 e. The lowest BCUT2D eigenvalue weighted by atomic mass is 10.0. The molecule has 3 heterocycles. The van der Waals surface area contributed by atoms with Gasteiger partial charge in [0.05, 0.1) is 17.5 Å². The van der Waals surface area contributed by atoms with Crippen molar-refractivity contribution in [3.63, 3.8) is 0 Å². The Bertz CT molecular complexity index is 1030. The van der Waals surface area contributed by atoms with Gasteiger partial charge < -0.3 is 9.15 Å². The summed E-state index contributed by atoms with van der Waals surface area (Å²) in [6, 6.07) is 14.3. The average molecular weight is 389 g/mol. The monoisotopic (exact) mass is 389 g/mol. The number of carbonyl (C=O) groups is 2. The van der Waals surface area contributed by atoms with Crippen LogP contribution < -0.4 is 0 Å². The topological polar surface area (TPSA) is 85.0 Å². The molecule has 1 aliphatic heterocycles. The summed E-state index contributed by atoms with van der Waals surface area (Å²) < 4.78 is 10.7. The molecule has 0 saturated heterocycles. The molecule has 0 unspecified atom stereocenters. The third kappa shape index (κ3) is 4.08. The molecule has 2 aromatic heterocycles. The summed E-state index contributed by atoms with van der Waals surface area (Å²) in [6.07, 6.45) is 5.02. The van der Waals surface area contributed by atoms with Crippen LogP contribution in [0.3, 0.4) is 0 Å². The Morgan fingerprint density at radius 1 is 1.17 bits per heavy atom. The number of amides is 1. The van der Waals surface area contributed by atoms with E-state index in [0.717, 1.165) is 16.8 Å². The Balaban J connectivity index is 1.52. The van der Waals surface area contributed by atoms with Crippen molar-refractivity contribution in [2.45, 2.75) is 19.4 Å². The fourth-order valence-corrected chi connectivity index (χ4v) is 3.12. The summed E-state index contributed by atoms with van der Waals surface area (Å²) in [5.41, 5.74) is 3.14. The first-order valence-corrected chi connectivity index (χ1v) is 9.19. The summed E-state index contributed by atoms with van der Waals surface area (Å²) in [6.45, 7) is 1.59. The van der Waals surface area contributed by atoms with E-state index < -0.39 is 18.5 Å². The SMILES string of the molecule is Cc1ccc(C2=NN(C(=O)COC(=O)c3cccnc3)[C@H](c3ccco3)C2)cc1. The van der Waals surface area contributed by atoms with Crippen molar-refractivity contribution < 1.29 is 18.7 Å². The number of ether oxygens (including phenoxy) is 1. The molecule has 0 N–H and O–H groups in total. The zero-order chi connectivity index (χ0) is 20.2. The van der Waals surface area contributed by atoms with Crippen LogP contribution in [0.15, 0.2) is 76.7 Å². The highest BCUT2D eigenvalue weighted by molar-refractivity contribution is 6.03. The predicted molar refractivity (Wildman–Crippen MR) is 105 cm³/mol. The van der Waals surface area contributed by atoms with Crippen LogP contribution in [0.5, 0.6) is 0 Å². The number of furan rings is 1. The van der Waals surface area contributed by atoms with E-state index >= 15 is 0 Å². The van der Waals surface area contributed by atoms with Crippen molar-refractivity contribution in [3.05, 3.63) is 89.6 Å². The van der Waals surface area contributed by atoms with Crippen LogP contribution in [0.2, 0.25) is 0 Å². The smallest absolute Gasteiger partial charge is 0.340 e. The molecule has 146 valence electrons. The molecule has 7 nitrogen and oxygen atoms in total. The zero-order valence-corrected chi connectivity index (χ0v) is 15.8. The number of aromatic nitrogens is 1. The number of carbonyl (C=O) groups excluding carboxylic acids is 2. The first-order chi connectivity index (χ1) is 14.1. The molecule has 3 aromatic rings. The van der Waals surface area contributed by atoms with E-state index in [1.165, 1.54) is 11.2 Å². The molecule has 1 aromatic carbocycles. The van der Waals surface area contributed by atoms with Crippen molar-refractivity contribution in [3.8, 4) is 0 Å². The van der Waals surface area contributed by atoms with Gasteiger partial charge in [0.2, 0.25) is 0 Å². The van der Waals surface area contributed by atoms with Gasteiger partial charge in [-0.1, -0.05) is 29.8 Å². The lowest BCUT2D eigenvalue weighted by molar-refractivity contribution is -0.136. The Morgan fingerprint density at radius 3 is 2.69 bits per heavy atom. The standard InChI is InChI=1S/C22H19N3O4/c1-15-6-8-16(9-7-15)18-12-19(20-5-3-11-28-20)25(24-18)21(26)14-29-22(27)17-4-2-10-23-13-17/h2-11,13,19H,12,14H2,1H3/t19-/m0/s1. The van der Waals surface area contributed by atoms with Crippen LogP contribution in [0.1, 0.15) is 39.7 Å². The molecular formula is C22H19N3O4. The highest BCUT2D eigenvalue weighted by Gasteiger charge is 2.35. The van der Waals surface area contributed by atoms with Gasteiger partial charge in [-0.25, -0.2) is 9.80 Å². The summed E-state index contributed by atoms with van der Waals surface area (Å²) in [5.74, 6) is -0.406. The fraction of sp³-hybridized carbons (Fsp3) is 0.182. The quantitative estimate of drug-likeness (QED) is 0.624. The number of rotatable bonds is 5. The van der Waals surface area contributed by atoms with Gasteiger partial charge in [-0.15, -0.1) is 0 Å². The maximum absolute atomic E-state index is 12.8. The van der Waals surface area contributed by atoms with Crippen molar-refractivity contribution in [2.75, 3.05) is 6.61 Å². The molecule has 0 aliphatic carbocycles. The van der Waals surface area contributed by atoms with Gasteiger partial charge in [0.25, 0.3) is 5.91 Å². The van der Waals surface area contributed by atoms with Crippen molar-refractivity contribution >= 4 is 17.6 Å². The molecule has 29 heavy (non-hydrogen) atoms. The molecule has 7 heteroatoms. The Labute approximate surface area is 167 Å². The van der Waals surface area contributed by atoms with E-state index in [9.17, 15) is 9.59 Å². The average Bonchev–Trinajstić information content (AvgIpc) is 3.43. The molecule has 1 amide bonds. The molecule has 0 spiro atoms. The van der Waals surface area contributed by atoms with Gasteiger partial charge in [-0.2, -0.15) is 5.10 Å². The molecule has 0 saturated carbocycles. The molecule has 1 aliphatic rings. The number of pyridine rings is 1. The van der Waals surface area contributed by atoms with E-state index in [1.807, 2.05) is 31.2 Å². The number of hydrazone groups is 1. The number of hydrogen-bond donors (Lipinski definition) is 0. The van der Waals surface area contributed by atoms with Crippen LogP contribution in [0.4, 0.5) is 0 Å². The summed E-state index contributed by atoms with van der Waals surface area (Å²) in [4.78, 5) is 28.8. The molecule has 0 bridgehead atoms. The first kappa shape index (κ1) is 18.6. The van der Waals surface area contributed by atoms with E-state index in [1.54, 1.807) is 36.7 Å². The summed E-state index contributed by atoms with van der Waals surface area (Å²) in [5, 5.41) is 5.85. The van der Waals surface area contributed by atoms with Crippen LogP contribution in [0, 0.1) is 6.92 Å². The first-order valence-electron chi connectivity index (χ1n) is 9.19. The third-order valence-electron chi connectivity index (χ3n) is 4.65. The Kier molecular flexibility index (Phi) is 5.20. The van der Waals surface area contributed by atoms with Crippen molar-refractivity contribution in [1.82, 2.24) is 9.99 Å². The predicted octanol–water partition coefficient (Wildman–Crippen LogP) is 3.52. The fourth-order valence-electron chi connectivity index (χ4n) is 3.12. The zero-order valence-electron chi connectivity index (χ0n) is 15.8. The highest BCUT2D eigenvalue weighted by atomic mass is 16.5. The van der Waals surface area contributed by atoms with Crippen LogP contribution in [-0.2, 0) is 9.53 Å². The van der Waals surface area contributed by atoms with E-state index in [-0.39, 0.29) is 11.6 Å². The molecule has 1 atom stereocenters. The van der Waals surface area contributed by atoms with Crippen LogP contribution >= 0.6 is 0 Å². The Morgan fingerprint density at radius 2 is 2.00 bits per heavy atom. The van der Waals surface area contributed by atoms with E-state index in [0.29, 0.717) is 12.2 Å². The Hall–Kier alpha value is -3.74. The van der Waals surface area contributed by atoms with Gasteiger partial charge >= 0.3 is 5.97 Å². The van der Waals surface area contributed by atoms with Gasteiger partial charge in [0, 0.05) is 18.8 Å². The van der Waals surface area contributed by atoms with Gasteiger partial charge in [-0.3, -0.25) is 9.78 Å². The van der Waals surface area contributed by atoms with Crippen LogP contribution in [-0.4, -0.2) is 34.2 Å². The normalized spacial score (nSPS) is 15.8. The molecule has 0 fully saturated rings. The summed E-state index contributed by atoms with van der Waals surface area (Å²) >= 11 is 0. The van der Waals surface area contributed by atoms with Crippen molar-refractivity contribution in [1.29, 1.82) is 0 Å². The minimum absolute atomic E-state index is 0.285. The lowest BCUT2D eigenvalue weighted by Gasteiger charge is -2.19. The maximum atomic E-state index is 12.8. The third-order valence-corrected chi connectivity index (χ3v) is 4.65. The second-order valence-electron chi connectivity index (χ2n) is 6.70. The van der Waals surface area contributed by atoms with E-state index in [4.69, 9.17) is 9.15 Å². The minimum atomic E-state index is -0.608. The summed E-state index contributed by atoms with van der Waals surface area (Å²) in [7, 11) is 0. The lowest BCUT2D eigenvalue weighted by Crippen LogP contribution is -2.31. The van der Waals surface area contributed by atoms with Gasteiger partial charge in [0.15, 0.2) is 6.61 Å². The van der Waals surface area contributed by atoms with Gasteiger partial charge in [0.1, 0.15) is 11.8 Å². The largest absolute Gasteiger partial charge is 0.467 e. The number of aryl methyl sites for hydroxylation is 1. The maximum Gasteiger partial charge on any atom is 0.340 e. The number of hydrogen-bond acceptors (Lipinski definition) is 6. The number of nitrogens with zero attached hydrogens (tertiary/aromatic N) is 3.